The molecular formula is C3H13CaMoNO3S2. The van der Waals surface area contributed by atoms with Crippen LogP contribution in [0.4, 0.5) is 4.79 Å². The molecule has 0 unspecified atom stereocenters. The van der Waals surface area contributed by atoms with Crippen molar-refractivity contribution in [3.63, 3.8) is 0 Å². The molecule has 0 fully saturated rings. The minimum atomic E-state index is -1.33. The Labute approximate surface area is 121 Å². The third-order valence-corrected chi connectivity index (χ3v) is 1.50. The van der Waals surface area contributed by atoms with Gasteiger partial charge in [-0.15, -0.1) is 0 Å². The number of carboxylic acid groups (broad SMARTS) is 1. The summed E-state index contributed by atoms with van der Waals surface area (Å²) in [7, 11) is 3.55. The second kappa shape index (κ2) is 29.7. The molecule has 11 heavy (non-hydrogen) atoms. The summed E-state index contributed by atoms with van der Waals surface area (Å²) < 4.78 is 0. The summed E-state index contributed by atoms with van der Waals surface area (Å²) in [5.41, 5.74) is 4.03. The molecule has 0 saturated heterocycles. The molecule has 68 valence electrons. The van der Waals surface area contributed by atoms with Crippen LogP contribution in [-0.4, -0.2) is 66.9 Å². The third-order valence-electron chi connectivity index (χ3n) is 0.167. The zero-order valence-electron chi connectivity index (χ0n) is 8.36. The van der Waals surface area contributed by atoms with Gasteiger partial charge in [-0.25, -0.2) is 4.79 Å². The van der Waals surface area contributed by atoms with Crippen LogP contribution in [0.5, 0.6) is 0 Å². The molecule has 0 bridgehead atoms. The van der Waals surface area contributed by atoms with E-state index in [-0.39, 0.29) is 67.1 Å². The van der Waals surface area contributed by atoms with Gasteiger partial charge in [0.1, 0.15) is 0 Å². The summed E-state index contributed by atoms with van der Waals surface area (Å²) in [5.74, 6) is 0. The SMILES string of the molecule is CSSC.NC(=O)O.O.[Ca+2].[H-].[H-].[Mo]. The van der Waals surface area contributed by atoms with E-state index in [4.69, 9.17) is 9.90 Å². The number of carbonyl (C=O) groups is 1. The number of nitrogens with two attached hydrogens (primary N) is 1. The normalized spacial score (nSPS) is 4.91. The quantitative estimate of drug-likeness (QED) is 0.537. The second-order valence-corrected chi connectivity index (χ2v) is 3.34. The molecular weight excluding hydrogens is 298 g/mol. The maximum absolute atomic E-state index is 8.78. The smallest absolute Gasteiger partial charge is 1.00 e. The molecule has 0 aromatic heterocycles. The first-order chi connectivity index (χ1) is 3.65. The van der Waals surface area contributed by atoms with Gasteiger partial charge in [-0.1, -0.05) is 21.6 Å². The van der Waals surface area contributed by atoms with E-state index >= 15 is 0 Å². The van der Waals surface area contributed by atoms with E-state index in [1.54, 1.807) is 21.6 Å². The Morgan fingerprint density at radius 1 is 1.45 bits per heavy atom. The fourth-order valence-electron chi connectivity index (χ4n) is 0. The first-order valence-electron chi connectivity index (χ1n) is 1.70. The molecule has 0 atom stereocenters. The van der Waals surface area contributed by atoms with Crippen molar-refractivity contribution in [3.8, 4) is 0 Å². The van der Waals surface area contributed by atoms with Gasteiger partial charge < -0.3 is 19.2 Å². The summed E-state index contributed by atoms with van der Waals surface area (Å²) in [4.78, 5) is 8.78. The topological polar surface area (TPSA) is 94.8 Å². The van der Waals surface area contributed by atoms with E-state index < -0.39 is 6.09 Å². The van der Waals surface area contributed by atoms with Crippen LogP contribution in [0.2, 0.25) is 0 Å². The van der Waals surface area contributed by atoms with Crippen molar-refractivity contribution in [1.82, 2.24) is 0 Å². The van der Waals surface area contributed by atoms with Crippen molar-refractivity contribution >= 4 is 65.4 Å². The van der Waals surface area contributed by atoms with E-state index in [0.29, 0.717) is 0 Å². The van der Waals surface area contributed by atoms with Crippen LogP contribution in [0.3, 0.4) is 0 Å². The van der Waals surface area contributed by atoms with Gasteiger partial charge in [-0.3, -0.25) is 0 Å². The second-order valence-electron chi connectivity index (χ2n) is 0.672. The fraction of sp³-hybridized carbons (Fsp3) is 0.667. The first kappa shape index (κ1) is 29.3. The molecule has 1 amide bonds. The monoisotopic (exact) mass is 313 g/mol. The minimum absolute atomic E-state index is 0. The summed E-state index contributed by atoms with van der Waals surface area (Å²) in [6, 6.07) is 0. The molecule has 8 heteroatoms. The van der Waals surface area contributed by atoms with Crippen LogP contribution in [0.25, 0.3) is 0 Å². The predicted molar refractivity (Wildman–Crippen MR) is 50.8 cm³/mol. The van der Waals surface area contributed by atoms with Crippen molar-refractivity contribution in [3.05, 3.63) is 0 Å². The predicted octanol–water partition coefficient (Wildman–Crippen LogP) is 0.268. The Kier molecular flexibility index (Phi) is 79.1. The molecule has 0 aliphatic rings. The van der Waals surface area contributed by atoms with Gasteiger partial charge in [0.25, 0.3) is 0 Å². The number of rotatable bonds is 1. The van der Waals surface area contributed by atoms with Crippen molar-refractivity contribution in [2.45, 2.75) is 0 Å². The number of hydrogen-bond acceptors (Lipinski definition) is 3. The van der Waals surface area contributed by atoms with Gasteiger partial charge in [0, 0.05) is 21.1 Å². The molecule has 0 radical (unpaired) electrons. The minimum Gasteiger partial charge on any atom is -1.00 e. The van der Waals surface area contributed by atoms with Gasteiger partial charge in [0.05, 0.1) is 0 Å². The third kappa shape index (κ3) is 140. The van der Waals surface area contributed by atoms with Crippen molar-refractivity contribution < 1.29 is 39.3 Å². The Morgan fingerprint density at radius 2 is 1.55 bits per heavy atom. The van der Waals surface area contributed by atoms with Gasteiger partial charge >= 0.3 is 43.8 Å². The summed E-state index contributed by atoms with van der Waals surface area (Å²) in [6.45, 7) is 0. The van der Waals surface area contributed by atoms with Crippen LogP contribution in [0.1, 0.15) is 2.85 Å². The largest absolute Gasteiger partial charge is 2.00 e. The van der Waals surface area contributed by atoms with Crippen molar-refractivity contribution in [2.24, 2.45) is 5.73 Å². The maximum atomic E-state index is 8.78. The molecule has 4 nitrogen and oxygen atoms in total. The number of hydrogen-bond donors (Lipinski definition) is 2. The molecule has 0 heterocycles. The van der Waals surface area contributed by atoms with Gasteiger partial charge in [-0.2, -0.15) is 0 Å². The average molecular weight is 311 g/mol. The maximum Gasteiger partial charge on any atom is 2.00 e. The molecule has 0 aliphatic carbocycles. The van der Waals surface area contributed by atoms with Crippen LogP contribution in [0.15, 0.2) is 0 Å². The first-order valence-corrected chi connectivity index (χ1v) is 4.67. The molecule has 0 saturated carbocycles. The molecule has 0 rings (SSSR count). The molecule has 0 aliphatic heterocycles. The van der Waals surface area contributed by atoms with E-state index in [2.05, 4.69) is 18.2 Å². The number of amides is 1. The van der Waals surface area contributed by atoms with E-state index in [0.717, 1.165) is 0 Å². The van der Waals surface area contributed by atoms with Gasteiger partial charge in [-0.05, 0) is 12.5 Å². The number of primary amides is 1. The zero-order valence-corrected chi connectivity index (χ0v) is 12.2. The molecule has 0 aromatic rings. The van der Waals surface area contributed by atoms with E-state index in [1.807, 2.05) is 0 Å². The Hall–Kier alpha value is 1.88. The van der Waals surface area contributed by atoms with Crippen LogP contribution >= 0.6 is 21.6 Å². The Balaban J connectivity index is -0.00000000800. The Morgan fingerprint density at radius 3 is 1.55 bits per heavy atom. The van der Waals surface area contributed by atoms with Crippen LogP contribution in [0, 0.1) is 0 Å². The van der Waals surface area contributed by atoms with Gasteiger partial charge in [0.2, 0.25) is 0 Å². The molecule has 5 N–H and O–H groups in total. The van der Waals surface area contributed by atoms with Gasteiger partial charge in [0.15, 0.2) is 0 Å². The van der Waals surface area contributed by atoms with E-state index in [9.17, 15) is 0 Å². The summed E-state index contributed by atoms with van der Waals surface area (Å²) in [5, 5.41) is 7.19. The van der Waals surface area contributed by atoms with Crippen molar-refractivity contribution in [1.29, 1.82) is 0 Å². The van der Waals surface area contributed by atoms with Crippen LogP contribution in [-0.2, 0) is 21.1 Å². The molecule has 0 spiro atoms. The van der Waals surface area contributed by atoms with Crippen LogP contribution < -0.4 is 5.73 Å². The van der Waals surface area contributed by atoms with E-state index in [1.165, 1.54) is 0 Å². The molecule has 0 aromatic carbocycles. The van der Waals surface area contributed by atoms with Crippen molar-refractivity contribution in [2.75, 3.05) is 12.5 Å². The fourth-order valence-corrected chi connectivity index (χ4v) is 0. The zero-order chi connectivity index (χ0) is 6.99. The average Bonchev–Trinajstić information content (AvgIpc) is 1.65. The summed E-state index contributed by atoms with van der Waals surface area (Å²) in [6.07, 6.45) is 2.79. The standard InChI is InChI=1S/C2H6S2.CH3NO2.Ca.Mo.H2O.2H/c1-3-4-2;2-1(3)4;;;;;/h1-2H3;2H2,(H,3,4);;;1H2;;/q;;+2;;;2*-1. The summed E-state index contributed by atoms with van der Waals surface area (Å²) >= 11 is 0. The Bertz CT molecular complexity index is 72.6.